The van der Waals surface area contributed by atoms with E-state index in [-0.39, 0.29) is 23.1 Å². The highest BCUT2D eigenvalue weighted by molar-refractivity contribution is 6.33. The predicted octanol–water partition coefficient (Wildman–Crippen LogP) is 3.65. The van der Waals surface area contributed by atoms with Gasteiger partial charge in [0.1, 0.15) is 5.82 Å². The summed E-state index contributed by atoms with van der Waals surface area (Å²) in [5.74, 6) is -0.803. The summed E-state index contributed by atoms with van der Waals surface area (Å²) in [4.78, 5) is 20.2. The maximum absolute atomic E-state index is 13.7. The molecule has 0 radical (unpaired) electrons. The first-order valence-electron chi connectivity index (χ1n) is 8.93. The van der Waals surface area contributed by atoms with E-state index in [2.05, 4.69) is 10.3 Å². The lowest BCUT2D eigenvalue weighted by atomic mass is 10.2. The molecule has 10 heteroatoms. The first kappa shape index (κ1) is 21.5. The van der Waals surface area contributed by atoms with Crippen LogP contribution in [0, 0.1) is 5.82 Å². The molecule has 29 heavy (non-hydrogen) atoms. The second-order valence-electron chi connectivity index (χ2n) is 6.72. The number of pyridine rings is 1. The smallest absolute Gasteiger partial charge is 0.324 e. The largest absolute Gasteiger partial charge is 0.416 e. The first-order chi connectivity index (χ1) is 13.7. The number of alkyl halides is 3. The molecule has 0 aliphatic carbocycles. The zero-order chi connectivity index (χ0) is 21.0. The number of nitrogens with zero attached hydrogens (tertiary/aromatic N) is 3. The summed E-state index contributed by atoms with van der Waals surface area (Å²) in [6.07, 6.45) is -2.98. The first-order valence-corrected chi connectivity index (χ1v) is 9.31. The Morgan fingerprint density at radius 1 is 1.14 bits per heavy atom. The van der Waals surface area contributed by atoms with E-state index in [0.29, 0.717) is 38.4 Å². The summed E-state index contributed by atoms with van der Waals surface area (Å²) in [5.41, 5.74) is -0.582. The van der Waals surface area contributed by atoms with Crippen LogP contribution < -0.4 is 5.32 Å². The predicted molar refractivity (Wildman–Crippen MR) is 101 cm³/mol. The molecule has 0 saturated carbocycles. The molecule has 1 N–H and O–H groups in total. The van der Waals surface area contributed by atoms with E-state index >= 15 is 0 Å². The second-order valence-corrected chi connectivity index (χ2v) is 7.13. The number of hydrogen-bond donors (Lipinski definition) is 1. The lowest BCUT2D eigenvalue weighted by molar-refractivity contribution is -0.137. The number of benzene rings is 1. The van der Waals surface area contributed by atoms with Crippen LogP contribution in [0.5, 0.6) is 0 Å². The van der Waals surface area contributed by atoms with Crippen LogP contribution in [0.15, 0.2) is 36.5 Å². The molecule has 1 saturated heterocycles. The number of amides is 1. The van der Waals surface area contributed by atoms with Crippen molar-refractivity contribution in [2.75, 3.05) is 38.0 Å². The van der Waals surface area contributed by atoms with Gasteiger partial charge in [0.25, 0.3) is 0 Å². The van der Waals surface area contributed by atoms with Crippen LogP contribution >= 0.6 is 11.6 Å². The lowest BCUT2D eigenvalue weighted by Gasteiger charge is -2.34. The van der Waals surface area contributed by atoms with Crippen molar-refractivity contribution in [3.8, 4) is 0 Å². The average molecular weight is 431 g/mol. The van der Waals surface area contributed by atoms with Crippen LogP contribution in [0.25, 0.3) is 0 Å². The fourth-order valence-corrected chi connectivity index (χ4v) is 3.21. The summed E-state index contributed by atoms with van der Waals surface area (Å²) >= 11 is 5.90. The molecule has 1 aliphatic heterocycles. The van der Waals surface area contributed by atoms with Crippen LogP contribution in [0.2, 0.25) is 5.02 Å². The quantitative estimate of drug-likeness (QED) is 0.736. The average Bonchev–Trinajstić information content (AvgIpc) is 2.66. The van der Waals surface area contributed by atoms with Gasteiger partial charge in [-0.15, -0.1) is 0 Å². The standard InChI is InChI=1S/C19H19ClF4N4O/c20-14-4-3-13(19(22,23)24)10-16(14)26-18(29)12-28-8-6-27(7-9-28)11-17-15(21)2-1-5-25-17/h1-5,10H,6-9,11-12H2,(H,26,29). The fourth-order valence-electron chi connectivity index (χ4n) is 3.04. The summed E-state index contributed by atoms with van der Waals surface area (Å²) < 4.78 is 52.2. The number of halogens is 5. The summed E-state index contributed by atoms with van der Waals surface area (Å²) in [6, 6.07) is 5.69. The minimum atomic E-state index is -4.52. The van der Waals surface area contributed by atoms with Crippen molar-refractivity contribution in [1.82, 2.24) is 14.8 Å². The maximum atomic E-state index is 13.7. The maximum Gasteiger partial charge on any atom is 0.416 e. The summed E-state index contributed by atoms with van der Waals surface area (Å²) in [6.45, 7) is 2.78. The number of aromatic nitrogens is 1. The number of anilines is 1. The molecule has 0 bridgehead atoms. The minimum Gasteiger partial charge on any atom is -0.324 e. The Labute approximate surface area is 170 Å². The van der Waals surface area contributed by atoms with E-state index in [0.717, 1.165) is 18.2 Å². The van der Waals surface area contributed by atoms with Crippen molar-refractivity contribution in [2.24, 2.45) is 0 Å². The van der Waals surface area contributed by atoms with Gasteiger partial charge >= 0.3 is 6.18 Å². The topological polar surface area (TPSA) is 48.5 Å². The Morgan fingerprint density at radius 2 is 1.83 bits per heavy atom. The highest BCUT2D eigenvalue weighted by atomic mass is 35.5. The molecule has 3 rings (SSSR count). The van der Waals surface area contributed by atoms with E-state index in [4.69, 9.17) is 11.6 Å². The van der Waals surface area contributed by atoms with Gasteiger partial charge in [-0.1, -0.05) is 11.6 Å². The monoisotopic (exact) mass is 430 g/mol. The summed E-state index contributed by atoms with van der Waals surface area (Å²) in [5, 5.41) is 2.48. The molecule has 1 aliphatic rings. The van der Waals surface area contributed by atoms with Gasteiger partial charge in [0.15, 0.2) is 0 Å². The van der Waals surface area contributed by atoms with Gasteiger partial charge in [-0.2, -0.15) is 13.2 Å². The molecule has 5 nitrogen and oxygen atoms in total. The van der Waals surface area contributed by atoms with Crippen molar-refractivity contribution in [2.45, 2.75) is 12.7 Å². The van der Waals surface area contributed by atoms with Gasteiger partial charge in [-0.05, 0) is 30.3 Å². The molecule has 1 aromatic carbocycles. The molecule has 0 unspecified atom stereocenters. The van der Waals surface area contributed by atoms with Crippen LogP contribution in [0.1, 0.15) is 11.3 Å². The van der Waals surface area contributed by atoms with E-state index < -0.39 is 17.6 Å². The van der Waals surface area contributed by atoms with Gasteiger partial charge in [-0.25, -0.2) is 4.39 Å². The number of piperazine rings is 1. The second kappa shape index (κ2) is 9.06. The number of rotatable bonds is 5. The molecule has 1 aromatic heterocycles. The zero-order valence-electron chi connectivity index (χ0n) is 15.3. The Kier molecular flexibility index (Phi) is 6.71. The van der Waals surface area contributed by atoms with Crippen molar-refractivity contribution in [3.05, 3.63) is 58.6 Å². The normalized spacial score (nSPS) is 16.0. The molecule has 0 spiro atoms. The van der Waals surface area contributed by atoms with Gasteiger partial charge in [0, 0.05) is 38.9 Å². The van der Waals surface area contributed by atoms with Crippen LogP contribution in [-0.4, -0.2) is 53.4 Å². The molecule has 0 atom stereocenters. The number of hydrogen-bond acceptors (Lipinski definition) is 4. The Bertz CT molecular complexity index is 870. The molecule has 2 aromatic rings. The van der Waals surface area contributed by atoms with Crippen molar-refractivity contribution in [3.63, 3.8) is 0 Å². The van der Waals surface area contributed by atoms with Crippen LogP contribution in [-0.2, 0) is 17.5 Å². The molecule has 1 fully saturated rings. The highest BCUT2D eigenvalue weighted by Crippen LogP contribution is 2.33. The van der Waals surface area contributed by atoms with Crippen molar-refractivity contribution < 1.29 is 22.4 Å². The highest BCUT2D eigenvalue weighted by Gasteiger charge is 2.31. The SMILES string of the molecule is O=C(CN1CCN(Cc2ncccc2F)CC1)Nc1cc(C(F)(F)F)ccc1Cl. The number of carbonyl (C=O) groups excluding carboxylic acids is 1. The van der Waals surface area contributed by atoms with E-state index in [1.807, 2.05) is 9.80 Å². The fraction of sp³-hybridized carbons (Fsp3) is 0.368. The Balaban J connectivity index is 1.51. The van der Waals surface area contributed by atoms with Gasteiger partial charge in [0.05, 0.1) is 28.5 Å². The van der Waals surface area contributed by atoms with E-state index in [1.165, 1.54) is 18.3 Å². The number of nitrogens with one attached hydrogen (secondary N) is 1. The van der Waals surface area contributed by atoms with Crippen molar-refractivity contribution in [1.29, 1.82) is 0 Å². The third-order valence-electron chi connectivity index (χ3n) is 4.61. The zero-order valence-corrected chi connectivity index (χ0v) is 16.1. The molecule has 156 valence electrons. The molecule has 2 heterocycles. The summed E-state index contributed by atoms with van der Waals surface area (Å²) in [7, 11) is 0. The van der Waals surface area contributed by atoms with Gasteiger partial charge in [-0.3, -0.25) is 19.6 Å². The Morgan fingerprint density at radius 3 is 2.48 bits per heavy atom. The molecule has 1 amide bonds. The third kappa shape index (κ3) is 5.88. The van der Waals surface area contributed by atoms with E-state index in [9.17, 15) is 22.4 Å². The van der Waals surface area contributed by atoms with E-state index in [1.54, 1.807) is 0 Å². The van der Waals surface area contributed by atoms with Gasteiger partial charge in [0.2, 0.25) is 5.91 Å². The Hall–Kier alpha value is -2.23. The van der Waals surface area contributed by atoms with Crippen LogP contribution in [0.3, 0.4) is 0 Å². The number of carbonyl (C=O) groups is 1. The molecular weight excluding hydrogens is 412 g/mol. The van der Waals surface area contributed by atoms with Crippen molar-refractivity contribution >= 4 is 23.2 Å². The molecular formula is C19H19ClF4N4O. The van der Waals surface area contributed by atoms with Crippen LogP contribution in [0.4, 0.5) is 23.2 Å². The third-order valence-corrected chi connectivity index (χ3v) is 4.94. The lowest BCUT2D eigenvalue weighted by Crippen LogP contribution is -2.48. The minimum absolute atomic E-state index is 0.0262. The van der Waals surface area contributed by atoms with Gasteiger partial charge < -0.3 is 5.32 Å².